The lowest BCUT2D eigenvalue weighted by Crippen LogP contribution is -2.23. The number of rotatable bonds is 5. The van der Waals surface area contributed by atoms with Crippen molar-refractivity contribution in [3.63, 3.8) is 0 Å². The van der Waals surface area contributed by atoms with Crippen LogP contribution in [-0.4, -0.2) is 28.1 Å². The van der Waals surface area contributed by atoms with Gasteiger partial charge in [-0.1, -0.05) is 17.3 Å². The van der Waals surface area contributed by atoms with E-state index in [2.05, 4.69) is 20.4 Å². The molecule has 0 atom stereocenters. The van der Waals surface area contributed by atoms with Gasteiger partial charge in [0.25, 0.3) is 5.91 Å². The molecule has 0 aliphatic carbocycles. The molecule has 26 heavy (non-hydrogen) atoms. The smallest absolute Gasteiger partial charge is 0.271 e. The number of fused-ring (bicyclic) bond motifs is 1. The van der Waals surface area contributed by atoms with Gasteiger partial charge in [0.1, 0.15) is 23.5 Å². The molecular weight excluding hydrogens is 352 g/mol. The summed E-state index contributed by atoms with van der Waals surface area (Å²) in [4.78, 5) is 20.6. The fourth-order valence-corrected chi connectivity index (χ4v) is 3.35. The van der Waals surface area contributed by atoms with Gasteiger partial charge in [0, 0.05) is 11.6 Å². The van der Waals surface area contributed by atoms with E-state index in [9.17, 15) is 4.79 Å². The molecule has 1 N–H and O–H groups in total. The summed E-state index contributed by atoms with van der Waals surface area (Å²) >= 11 is 1.44. The molecule has 4 aromatic rings. The Balaban J connectivity index is 1.48. The second-order valence-electron chi connectivity index (χ2n) is 5.45. The highest BCUT2D eigenvalue weighted by Gasteiger charge is 2.14. The van der Waals surface area contributed by atoms with Crippen LogP contribution in [0.1, 0.15) is 16.2 Å². The molecule has 0 radical (unpaired) electrons. The molecule has 0 aliphatic rings. The average Bonchev–Trinajstić information content (AvgIpc) is 3.35. The lowest BCUT2D eigenvalue weighted by Gasteiger charge is -2.02. The van der Waals surface area contributed by atoms with E-state index >= 15 is 0 Å². The molecule has 4 rings (SSSR count). The Morgan fingerprint density at radius 2 is 2.19 bits per heavy atom. The first-order valence-electron chi connectivity index (χ1n) is 7.81. The normalized spacial score (nSPS) is 10.8. The Hall–Kier alpha value is -3.26. The number of carbonyl (C=O) groups is 1. The van der Waals surface area contributed by atoms with E-state index in [1.807, 2.05) is 35.7 Å². The van der Waals surface area contributed by atoms with E-state index in [1.165, 1.54) is 17.7 Å². The second kappa shape index (κ2) is 6.93. The van der Waals surface area contributed by atoms with Gasteiger partial charge < -0.3 is 14.6 Å². The quantitative estimate of drug-likeness (QED) is 0.583. The van der Waals surface area contributed by atoms with Crippen LogP contribution in [0.3, 0.4) is 0 Å². The molecule has 130 valence electrons. The monoisotopic (exact) mass is 366 g/mol. The molecular formula is C18H14N4O3S. The van der Waals surface area contributed by atoms with E-state index in [1.54, 1.807) is 13.2 Å². The van der Waals surface area contributed by atoms with Gasteiger partial charge in [-0.2, -0.15) is 0 Å². The summed E-state index contributed by atoms with van der Waals surface area (Å²) in [5, 5.41) is 8.73. The van der Waals surface area contributed by atoms with E-state index < -0.39 is 0 Å². The van der Waals surface area contributed by atoms with Crippen molar-refractivity contribution in [2.24, 2.45) is 0 Å². The number of aromatic nitrogens is 3. The number of thiophene rings is 1. The predicted molar refractivity (Wildman–Crippen MR) is 97.1 cm³/mol. The highest BCUT2D eigenvalue weighted by Crippen LogP contribution is 2.24. The zero-order valence-corrected chi connectivity index (χ0v) is 14.6. The number of hydrogen-bond donors (Lipinski definition) is 1. The van der Waals surface area contributed by atoms with E-state index in [0.29, 0.717) is 17.1 Å². The van der Waals surface area contributed by atoms with Crippen molar-refractivity contribution in [1.29, 1.82) is 0 Å². The molecule has 3 heterocycles. The number of methoxy groups -OCH3 is 1. The third-order valence-electron chi connectivity index (χ3n) is 3.81. The average molecular weight is 366 g/mol. The Kier molecular flexibility index (Phi) is 4.32. The van der Waals surface area contributed by atoms with Crippen molar-refractivity contribution in [2.45, 2.75) is 6.54 Å². The van der Waals surface area contributed by atoms with Crippen LogP contribution in [0, 0.1) is 0 Å². The van der Waals surface area contributed by atoms with Gasteiger partial charge >= 0.3 is 0 Å². The number of ether oxygens (including phenoxy) is 1. The third kappa shape index (κ3) is 3.14. The zero-order valence-electron chi connectivity index (χ0n) is 13.8. The molecule has 0 saturated heterocycles. The highest BCUT2D eigenvalue weighted by atomic mass is 32.1. The van der Waals surface area contributed by atoms with Crippen LogP contribution in [0.2, 0.25) is 0 Å². The molecule has 0 aliphatic heterocycles. The predicted octanol–water partition coefficient (Wildman–Crippen LogP) is 3.28. The van der Waals surface area contributed by atoms with Crippen LogP contribution in [0.15, 0.2) is 52.6 Å². The largest absolute Gasteiger partial charge is 0.497 e. The Morgan fingerprint density at radius 1 is 1.27 bits per heavy atom. The minimum Gasteiger partial charge on any atom is -0.497 e. The Bertz CT molecular complexity index is 1070. The number of amides is 1. The molecule has 1 amide bonds. The second-order valence-corrected chi connectivity index (χ2v) is 6.37. The molecule has 0 bridgehead atoms. The zero-order chi connectivity index (χ0) is 17.9. The van der Waals surface area contributed by atoms with Crippen molar-refractivity contribution in [2.75, 3.05) is 7.11 Å². The summed E-state index contributed by atoms with van der Waals surface area (Å²) in [6.45, 7) is 0.215. The molecule has 0 saturated carbocycles. The Morgan fingerprint density at radius 3 is 3.08 bits per heavy atom. The number of nitrogens with one attached hydrogen (secondary N) is 1. The van der Waals surface area contributed by atoms with E-state index in [4.69, 9.17) is 9.26 Å². The highest BCUT2D eigenvalue weighted by molar-refractivity contribution is 7.17. The molecule has 7 nitrogen and oxygen atoms in total. The summed E-state index contributed by atoms with van der Waals surface area (Å²) in [5.41, 5.74) is 2.67. The van der Waals surface area contributed by atoms with E-state index in [-0.39, 0.29) is 12.5 Å². The minimum atomic E-state index is -0.279. The van der Waals surface area contributed by atoms with Gasteiger partial charge in [0.15, 0.2) is 5.76 Å². The summed E-state index contributed by atoms with van der Waals surface area (Å²) < 4.78 is 11.3. The summed E-state index contributed by atoms with van der Waals surface area (Å²) in [6, 6.07) is 11.2. The van der Waals surface area contributed by atoms with Crippen molar-refractivity contribution in [1.82, 2.24) is 20.4 Å². The Labute approximate surface area is 152 Å². The van der Waals surface area contributed by atoms with Gasteiger partial charge in [-0.15, -0.1) is 11.3 Å². The van der Waals surface area contributed by atoms with Crippen molar-refractivity contribution < 1.29 is 14.1 Å². The fraction of sp³-hybridized carbons (Fsp3) is 0.111. The lowest BCUT2D eigenvalue weighted by molar-refractivity contribution is 0.0944. The van der Waals surface area contributed by atoms with Crippen molar-refractivity contribution in [3.8, 4) is 17.0 Å². The van der Waals surface area contributed by atoms with Gasteiger partial charge in [-0.25, -0.2) is 9.97 Å². The van der Waals surface area contributed by atoms with E-state index in [0.717, 1.165) is 21.5 Å². The van der Waals surface area contributed by atoms with Crippen molar-refractivity contribution >= 4 is 27.5 Å². The molecule has 0 unspecified atom stereocenters. The number of carbonyl (C=O) groups excluding carboxylic acids is 1. The molecule has 3 aromatic heterocycles. The first-order chi connectivity index (χ1) is 12.7. The maximum absolute atomic E-state index is 12.4. The maximum Gasteiger partial charge on any atom is 0.271 e. The number of nitrogens with zero attached hydrogens (tertiary/aromatic N) is 3. The number of hydrogen-bond acceptors (Lipinski definition) is 7. The van der Waals surface area contributed by atoms with Crippen molar-refractivity contribution in [3.05, 3.63) is 59.6 Å². The van der Waals surface area contributed by atoms with Gasteiger partial charge in [0.05, 0.1) is 23.9 Å². The van der Waals surface area contributed by atoms with Gasteiger partial charge in [-0.05, 0) is 23.6 Å². The number of benzene rings is 1. The topological polar surface area (TPSA) is 90.1 Å². The molecule has 0 fully saturated rings. The molecule has 0 spiro atoms. The summed E-state index contributed by atoms with van der Waals surface area (Å²) in [5.74, 6) is 1.01. The maximum atomic E-state index is 12.4. The summed E-state index contributed by atoms with van der Waals surface area (Å²) in [6.07, 6.45) is 1.39. The molecule has 8 heteroatoms. The molecule has 1 aromatic carbocycles. The van der Waals surface area contributed by atoms with Crippen LogP contribution < -0.4 is 10.1 Å². The van der Waals surface area contributed by atoms with Crippen LogP contribution in [-0.2, 0) is 6.54 Å². The minimum absolute atomic E-state index is 0.215. The van der Waals surface area contributed by atoms with Gasteiger partial charge in [-0.3, -0.25) is 4.79 Å². The summed E-state index contributed by atoms with van der Waals surface area (Å²) in [7, 11) is 1.61. The first kappa shape index (κ1) is 16.2. The fourth-order valence-electron chi connectivity index (χ4n) is 2.52. The standard InChI is InChI=1S/C18H14N4O3S/c1-24-12-4-2-3-11(7-12)15-8-13(25-22-15)9-19-18(23)16-17-14(5-6-26-17)20-10-21-16/h2-8,10H,9H2,1H3,(H,19,23). The van der Waals surface area contributed by atoms with Crippen LogP contribution in [0.4, 0.5) is 0 Å². The van der Waals surface area contributed by atoms with Crippen LogP contribution >= 0.6 is 11.3 Å². The lowest BCUT2D eigenvalue weighted by atomic mass is 10.1. The van der Waals surface area contributed by atoms with Crippen LogP contribution in [0.25, 0.3) is 21.5 Å². The van der Waals surface area contributed by atoms with Crippen LogP contribution in [0.5, 0.6) is 5.75 Å². The van der Waals surface area contributed by atoms with Gasteiger partial charge in [0.2, 0.25) is 0 Å². The third-order valence-corrected chi connectivity index (χ3v) is 4.72. The first-order valence-corrected chi connectivity index (χ1v) is 8.69. The SMILES string of the molecule is COc1cccc(-c2cc(CNC(=O)c3ncnc4ccsc34)on2)c1.